The van der Waals surface area contributed by atoms with E-state index in [0.29, 0.717) is 13.0 Å². The van der Waals surface area contributed by atoms with Gasteiger partial charge < -0.3 is 24.4 Å². The summed E-state index contributed by atoms with van der Waals surface area (Å²) in [5.74, 6) is -2.82. The molecule has 0 radical (unpaired) electrons. The molecule has 0 aromatic carbocycles. The van der Waals surface area contributed by atoms with Crippen LogP contribution in [0.25, 0.3) is 0 Å². The fourth-order valence-corrected chi connectivity index (χ4v) is 2.09. The van der Waals surface area contributed by atoms with E-state index in [1.165, 1.54) is 7.11 Å². The third kappa shape index (κ3) is 5.44. The molecule has 0 aliphatic carbocycles. The van der Waals surface area contributed by atoms with Gasteiger partial charge in [-0.2, -0.15) is 0 Å². The lowest BCUT2D eigenvalue weighted by molar-refractivity contribution is -0.201. The number of methoxy groups -OCH3 is 1. The molecule has 0 rings (SSSR count). The maximum atomic E-state index is 11.6. The van der Waals surface area contributed by atoms with Crippen LogP contribution in [0.15, 0.2) is 0 Å². The van der Waals surface area contributed by atoms with Gasteiger partial charge in [0.1, 0.15) is 6.79 Å². The summed E-state index contributed by atoms with van der Waals surface area (Å²) in [5, 5.41) is 18.3. The Morgan fingerprint density at radius 2 is 1.85 bits per heavy atom. The quantitative estimate of drug-likeness (QED) is 0.413. The van der Waals surface area contributed by atoms with Gasteiger partial charge >= 0.3 is 11.9 Å². The molecule has 7 nitrogen and oxygen atoms in total. The van der Waals surface area contributed by atoms with E-state index < -0.39 is 23.5 Å². The molecule has 0 fully saturated rings. The van der Waals surface area contributed by atoms with Crippen molar-refractivity contribution in [3.63, 3.8) is 0 Å². The molecular weight excluding hydrogens is 268 g/mol. The molecule has 7 heteroatoms. The predicted octanol–water partition coefficient (Wildman–Crippen LogP) is 1.36. The van der Waals surface area contributed by atoms with Crippen LogP contribution in [-0.2, 0) is 23.8 Å². The van der Waals surface area contributed by atoms with Crippen LogP contribution in [0.3, 0.4) is 0 Å². The maximum absolute atomic E-state index is 11.6. The molecule has 0 saturated carbocycles. The van der Waals surface area contributed by atoms with Gasteiger partial charge in [0.15, 0.2) is 5.60 Å². The van der Waals surface area contributed by atoms with Gasteiger partial charge in [0.2, 0.25) is 0 Å². The van der Waals surface area contributed by atoms with Gasteiger partial charge in [-0.25, -0.2) is 4.79 Å². The van der Waals surface area contributed by atoms with Crippen molar-refractivity contribution in [3.05, 3.63) is 0 Å². The van der Waals surface area contributed by atoms with Gasteiger partial charge in [-0.3, -0.25) is 4.79 Å². The largest absolute Gasteiger partial charge is 0.481 e. The summed E-state index contributed by atoms with van der Waals surface area (Å²) in [6.07, 6.45) is 0.307. The fraction of sp³-hybridized carbons (Fsp3) is 0.846. The van der Waals surface area contributed by atoms with Crippen molar-refractivity contribution in [2.45, 2.75) is 38.7 Å². The van der Waals surface area contributed by atoms with Crippen molar-refractivity contribution in [2.75, 3.05) is 27.1 Å². The molecule has 0 saturated heterocycles. The first kappa shape index (κ1) is 18.8. The summed E-state index contributed by atoms with van der Waals surface area (Å²) in [5.41, 5.74) is -1.54. The Morgan fingerprint density at radius 3 is 2.25 bits per heavy atom. The van der Waals surface area contributed by atoms with E-state index in [9.17, 15) is 14.7 Å². The summed E-state index contributed by atoms with van der Waals surface area (Å²) in [7, 11) is 1.53. The minimum Gasteiger partial charge on any atom is -0.481 e. The second kappa shape index (κ2) is 9.68. The molecule has 0 aromatic heterocycles. The average Bonchev–Trinajstić information content (AvgIpc) is 2.40. The minimum atomic E-state index is -1.54. The van der Waals surface area contributed by atoms with Gasteiger partial charge in [-0.1, -0.05) is 13.8 Å². The summed E-state index contributed by atoms with van der Waals surface area (Å²) in [6.45, 7) is 3.86. The van der Waals surface area contributed by atoms with Crippen LogP contribution in [0.1, 0.15) is 33.1 Å². The smallest absolute Gasteiger partial charge is 0.336 e. The molecular formula is C13H24O7. The van der Waals surface area contributed by atoms with Gasteiger partial charge in [0.05, 0.1) is 19.6 Å². The Bertz CT molecular complexity index is 305. The zero-order chi connectivity index (χ0) is 15.6. The topological polar surface area (TPSA) is 102 Å². The van der Waals surface area contributed by atoms with Gasteiger partial charge in [0, 0.05) is 13.0 Å². The third-order valence-electron chi connectivity index (χ3n) is 3.29. The van der Waals surface area contributed by atoms with Crippen molar-refractivity contribution in [2.24, 2.45) is 5.92 Å². The van der Waals surface area contributed by atoms with E-state index in [4.69, 9.17) is 19.3 Å². The Labute approximate surface area is 118 Å². The fourth-order valence-electron chi connectivity index (χ4n) is 2.09. The van der Waals surface area contributed by atoms with Crippen molar-refractivity contribution < 1.29 is 34.0 Å². The highest BCUT2D eigenvalue weighted by atomic mass is 16.7. The van der Waals surface area contributed by atoms with E-state index in [1.807, 2.05) is 0 Å². The number of hydrogen-bond donors (Lipinski definition) is 2. The van der Waals surface area contributed by atoms with Crippen LogP contribution in [-0.4, -0.2) is 54.9 Å². The number of aliphatic carboxylic acids is 2. The normalized spacial score (nSPS) is 15.6. The van der Waals surface area contributed by atoms with Crippen LogP contribution in [0.4, 0.5) is 0 Å². The lowest BCUT2D eigenvalue weighted by Crippen LogP contribution is -2.49. The summed E-state index contributed by atoms with van der Waals surface area (Å²) in [6, 6.07) is 0. The molecule has 0 aliphatic rings. The minimum absolute atomic E-state index is 0.168. The lowest BCUT2D eigenvalue weighted by atomic mass is 9.80. The first-order chi connectivity index (χ1) is 9.44. The van der Waals surface area contributed by atoms with E-state index in [2.05, 4.69) is 0 Å². The first-order valence-electron chi connectivity index (χ1n) is 6.60. The number of rotatable bonds is 12. The molecule has 0 bridgehead atoms. The van der Waals surface area contributed by atoms with Crippen LogP contribution in [0, 0.1) is 5.92 Å². The number of carboxylic acids is 2. The second-order valence-corrected chi connectivity index (χ2v) is 4.41. The van der Waals surface area contributed by atoms with Gasteiger partial charge in [0.25, 0.3) is 0 Å². The standard InChI is InChI=1S/C13H24O7/c1-4-10(8-11(14)15)13(5-2,12(16)17)20-9-19-7-6-18-3/h10H,4-9H2,1-3H3,(H,14,15)(H,16,17)/t10-,13?/m1/s1. The van der Waals surface area contributed by atoms with Crippen molar-refractivity contribution in [1.82, 2.24) is 0 Å². The van der Waals surface area contributed by atoms with Crippen LogP contribution in [0.5, 0.6) is 0 Å². The first-order valence-corrected chi connectivity index (χ1v) is 6.60. The van der Waals surface area contributed by atoms with E-state index in [-0.39, 0.29) is 26.2 Å². The Hall–Kier alpha value is -1.18. The highest BCUT2D eigenvalue weighted by molar-refractivity contribution is 5.79. The Balaban J connectivity index is 4.79. The zero-order valence-electron chi connectivity index (χ0n) is 12.3. The SMILES string of the molecule is CC[C@H](CC(=O)O)C(CC)(OCOCCOC)C(=O)O. The van der Waals surface area contributed by atoms with E-state index in [1.54, 1.807) is 13.8 Å². The average molecular weight is 292 g/mol. The lowest BCUT2D eigenvalue weighted by Gasteiger charge is -2.35. The molecule has 2 atom stereocenters. The monoisotopic (exact) mass is 292 g/mol. The summed E-state index contributed by atoms with van der Waals surface area (Å²) < 4.78 is 15.3. The number of ether oxygens (including phenoxy) is 3. The Kier molecular flexibility index (Phi) is 9.11. The van der Waals surface area contributed by atoms with Crippen LogP contribution >= 0.6 is 0 Å². The van der Waals surface area contributed by atoms with Crippen molar-refractivity contribution in [1.29, 1.82) is 0 Å². The zero-order valence-corrected chi connectivity index (χ0v) is 12.3. The highest BCUT2D eigenvalue weighted by Crippen LogP contribution is 2.32. The van der Waals surface area contributed by atoms with E-state index >= 15 is 0 Å². The van der Waals surface area contributed by atoms with Crippen molar-refractivity contribution >= 4 is 11.9 Å². The number of hydrogen-bond acceptors (Lipinski definition) is 5. The maximum Gasteiger partial charge on any atom is 0.336 e. The predicted molar refractivity (Wildman–Crippen MR) is 70.5 cm³/mol. The molecule has 2 N–H and O–H groups in total. The molecule has 118 valence electrons. The summed E-state index contributed by atoms with van der Waals surface area (Å²) >= 11 is 0. The van der Waals surface area contributed by atoms with Crippen molar-refractivity contribution in [3.8, 4) is 0 Å². The molecule has 1 unspecified atom stereocenters. The van der Waals surface area contributed by atoms with Gasteiger partial charge in [-0.05, 0) is 12.8 Å². The number of carboxylic acid groups (broad SMARTS) is 2. The molecule has 0 aliphatic heterocycles. The molecule has 0 heterocycles. The third-order valence-corrected chi connectivity index (χ3v) is 3.29. The van der Waals surface area contributed by atoms with E-state index in [0.717, 1.165) is 0 Å². The molecule has 0 spiro atoms. The van der Waals surface area contributed by atoms with Gasteiger partial charge in [-0.15, -0.1) is 0 Å². The molecule has 20 heavy (non-hydrogen) atoms. The molecule has 0 aromatic rings. The second-order valence-electron chi connectivity index (χ2n) is 4.41. The van der Waals surface area contributed by atoms with Crippen LogP contribution in [0.2, 0.25) is 0 Å². The number of carbonyl (C=O) groups is 2. The highest BCUT2D eigenvalue weighted by Gasteiger charge is 2.45. The summed E-state index contributed by atoms with van der Waals surface area (Å²) in [4.78, 5) is 22.4. The molecule has 0 amide bonds. The Morgan fingerprint density at radius 1 is 1.20 bits per heavy atom. The van der Waals surface area contributed by atoms with Crippen LogP contribution < -0.4 is 0 Å².